The highest BCUT2D eigenvalue weighted by atomic mass is 19.3. The van der Waals surface area contributed by atoms with Crippen LogP contribution in [0.2, 0.25) is 0 Å². The fraction of sp³-hybridized carbons (Fsp3) is 0.600. The average molecular weight is 338 g/mol. The van der Waals surface area contributed by atoms with Crippen molar-refractivity contribution in [3.05, 3.63) is 42.0 Å². The summed E-state index contributed by atoms with van der Waals surface area (Å²) in [5, 5.41) is 0. The third-order valence-corrected chi connectivity index (χ3v) is 4.95. The Morgan fingerprint density at radius 1 is 1.25 bits per heavy atom. The summed E-state index contributed by atoms with van der Waals surface area (Å²) in [6.45, 7) is 1.24. The molecule has 1 aliphatic carbocycles. The highest BCUT2D eigenvalue weighted by Gasteiger charge is 2.23. The molecular weight excluding hydrogens is 310 g/mol. The van der Waals surface area contributed by atoms with Crippen LogP contribution in [-0.2, 0) is 11.3 Å². The molecule has 0 spiro atoms. The summed E-state index contributed by atoms with van der Waals surface area (Å²) in [5.41, 5.74) is 1.77. The molecule has 1 saturated carbocycles. The van der Waals surface area contributed by atoms with Crippen LogP contribution in [0.25, 0.3) is 0 Å². The molecule has 1 aromatic rings. The third kappa shape index (κ3) is 5.59. The van der Waals surface area contributed by atoms with Gasteiger partial charge >= 0.3 is 6.61 Å². The molecule has 0 aliphatic heterocycles. The number of hydrogen-bond acceptors (Lipinski definition) is 2. The first-order valence-corrected chi connectivity index (χ1v) is 8.81. The van der Waals surface area contributed by atoms with Gasteiger partial charge in [0.25, 0.3) is 0 Å². The van der Waals surface area contributed by atoms with Crippen LogP contribution < -0.4 is 4.74 Å². The highest BCUT2D eigenvalue weighted by molar-refractivity contribution is 5.39. The number of alkyl halides is 2. The van der Waals surface area contributed by atoms with Crippen LogP contribution in [-0.4, -0.2) is 13.7 Å². The van der Waals surface area contributed by atoms with Crippen molar-refractivity contribution in [2.45, 2.75) is 64.1 Å². The van der Waals surface area contributed by atoms with Crippen molar-refractivity contribution in [2.24, 2.45) is 5.92 Å². The van der Waals surface area contributed by atoms with Gasteiger partial charge in [-0.3, -0.25) is 0 Å². The first kappa shape index (κ1) is 18.9. The molecule has 0 amide bonds. The van der Waals surface area contributed by atoms with E-state index in [0.29, 0.717) is 11.5 Å². The number of unbranched alkanes of at least 4 members (excludes halogenated alkanes) is 1. The van der Waals surface area contributed by atoms with E-state index in [1.165, 1.54) is 25.7 Å². The van der Waals surface area contributed by atoms with Gasteiger partial charge in [0.15, 0.2) is 0 Å². The minimum absolute atomic E-state index is 0.248. The van der Waals surface area contributed by atoms with E-state index in [2.05, 4.69) is 6.58 Å². The molecule has 0 heterocycles. The van der Waals surface area contributed by atoms with Crippen molar-refractivity contribution in [1.82, 2.24) is 0 Å². The normalized spacial score (nSPS) is 21.0. The molecule has 134 valence electrons. The number of methoxy groups -OCH3 is 1. The second-order valence-electron chi connectivity index (χ2n) is 6.62. The van der Waals surface area contributed by atoms with Gasteiger partial charge in [0, 0.05) is 12.7 Å². The first-order chi connectivity index (χ1) is 11.6. The molecule has 0 aromatic heterocycles. The number of hydrogen-bond donors (Lipinski definition) is 0. The molecule has 1 fully saturated rings. The number of benzene rings is 1. The maximum Gasteiger partial charge on any atom is 0.387 e. The van der Waals surface area contributed by atoms with Crippen molar-refractivity contribution in [2.75, 3.05) is 7.11 Å². The standard InChI is InChI=1S/C20H28F2O2/c1-3-4-5-6-15-7-9-16(10-8-15)17-11-12-18(14-23-2)19(13-17)24-20(21)22/h3,11-13,15-16,20H,1,4-10,14H2,2H3/t15-,16-. The van der Waals surface area contributed by atoms with Gasteiger partial charge in [0.1, 0.15) is 5.75 Å². The molecular formula is C20H28F2O2. The van der Waals surface area contributed by atoms with Crippen LogP contribution in [0.5, 0.6) is 5.75 Å². The lowest BCUT2D eigenvalue weighted by Crippen LogP contribution is -2.14. The summed E-state index contributed by atoms with van der Waals surface area (Å²) in [7, 11) is 1.55. The lowest BCUT2D eigenvalue weighted by molar-refractivity contribution is -0.0512. The topological polar surface area (TPSA) is 18.5 Å². The molecule has 0 radical (unpaired) electrons. The van der Waals surface area contributed by atoms with Gasteiger partial charge in [-0.1, -0.05) is 24.6 Å². The van der Waals surface area contributed by atoms with Gasteiger partial charge < -0.3 is 9.47 Å². The van der Waals surface area contributed by atoms with Gasteiger partial charge in [-0.2, -0.15) is 8.78 Å². The molecule has 24 heavy (non-hydrogen) atoms. The van der Waals surface area contributed by atoms with Gasteiger partial charge in [-0.05, 0) is 62.0 Å². The Balaban J connectivity index is 1.98. The maximum atomic E-state index is 12.6. The quantitative estimate of drug-likeness (QED) is 0.402. The van der Waals surface area contributed by atoms with E-state index in [1.54, 1.807) is 13.2 Å². The van der Waals surface area contributed by atoms with Crippen molar-refractivity contribution in [1.29, 1.82) is 0 Å². The predicted molar refractivity (Wildman–Crippen MR) is 92.5 cm³/mol. The van der Waals surface area contributed by atoms with E-state index in [-0.39, 0.29) is 12.4 Å². The molecule has 1 aromatic carbocycles. The van der Waals surface area contributed by atoms with Crippen molar-refractivity contribution in [3.8, 4) is 5.75 Å². The Morgan fingerprint density at radius 3 is 2.62 bits per heavy atom. The smallest absolute Gasteiger partial charge is 0.387 e. The van der Waals surface area contributed by atoms with Crippen molar-refractivity contribution < 1.29 is 18.3 Å². The van der Waals surface area contributed by atoms with E-state index < -0.39 is 6.61 Å². The Morgan fingerprint density at radius 2 is 2.00 bits per heavy atom. The maximum absolute atomic E-state index is 12.6. The second kappa shape index (κ2) is 9.77. The Hall–Kier alpha value is -1.42. The van der Waals surface area contributed by atoms with E-state index >= 15 is 0 Å². The number of ether oxygens (including phenoxy) is 2. The molecule has 0 atom stereocenters. The molecule has 1 aliphatic rings. The fourth-order valence-electron chi connectivity index (χ4n) is 3.64. The number of allylic oxidation sites excluding steroid dienone is 1. The van der Waals surface area contributed by atoms with E-state index in [0.717, 1.165) is 30.7 Å². The van der Waals surface area contributed by atoms with Crippen molar-refractivity contribution in [3.63, 3.8) is 0 Å². The molecule has 0 bridgehead atoms. The summed E-state index contributed by atoms with van der Waals surface area (Å²) in [6, 6.07) is 5.67. The molecule has 2 rings (SSSR count). The summed E-state index contributed by atoms with van der Waals surface area (Å²) >= 11 is 0. The lowest BCUT2D eigenvalue weighted by Gasteiger charge is -2.29. The summed E-state index contributed by atoms with van der Waals surface area (Å²) in [4.78, 5) is 0. The minimum atomic E-state index is -2.81. The number of rotatable bonds is 9. The zero-order chi connectivity index (χ0) is 17.4. The van der Waals surface area contributed by atoms with E-state index in [9.17, 15) is 8.78 Å². The Labute approximate surface area is 143 Å². The highest BCUT2D eigenvalue weighted by Crippen LogP contribution is 2.39. The van der Waals surface area contributed by atoms with E-state index in [1.807, 2.05) is 18.2 Å². The monoisotopic (exact) mass is 338 g/mol. The minimum Gasteiger partial charge on any atom is -0.434 e. The summed E-state index contributed by atoms with van der Waals surface area (Å²) in [5.74, 6) is 1.49. The second-order valence-corrected chi connectivity index (χ2v) is 6.62. The molecule has 2 nitrogen and oxygen atoms in total. The molecule has 4 heteroatoms. The van der Waals surface area contributed by atoms with Crippen LogP contribution in [0, 0.1) is 5.92 Å². The molecule has 0 saturated heterocycles. The fourth-order valence-corrected chi connectivity index (χ4v) is 3.64. The summed E-state index contributed by atoms with van der Waals surface area (Å²) < 4.78 is 35.0. The Kier molecular flexibility index (Phi) is 7.70. The van der Waals surface area contributed by atoms with Gasteiger partial charge in [0.2, 0.25) is 0 Å². The predicted octanol–water partition coefficient (Wildman–Crippen LogP) is 6.06. The van der Waals surface area contributed by atoms with Crippen LogP contribution in [0.4, 0.5) is 8.78 Å². The molecule has 0 unspecified atom stereocenters. The first-order valence-electron chi connectivity index (χ1n) is 8.81. The van der Waals surface area contributed by atoms with Crippen LogP contribution in [0.3, 0.4) is 0 Å². The third-order valence-electron chi connectivity index (χ3n) is 4.95. The van der Waals surface area contributed by atoms with Gasteiger partial charge in [-0.15, -0.1) is 6.58 Å². The van der Waals surface area contributed by atoms with Crippen molar-refractivity contribution >= 4 is 0 Å². The van der Waals surface area contributed by atoms with Gasteiger partial charge in [0.05, 0.1) is 6.61 Å². The largest absolute Gasteiger partial charge is 0.434 e. The zero-order valence-corrected chi connectivity index (χ0v) is 14.5. The lowest BCUT2D eigenvalue weighted by atomic mass is 9.77. The summed E-state index contributed by atoms with van der Waals surface area (Å²) in [6.07, 6.45) is 10.2. The van der Waals surface area contributed by atoms with E-state index in [4.69, 9.17) is 9.47 Å². The van der Waals surface area contributed by atoms with Crippen LogP contribution >= 0.6 is 0 Å². The number of halogens is 2. The van der Waals surface area contributed by atoms with Crippen LogP contribution in [0.15, 0.2) is 30.9 Å². The Bertz CT molecular complexity index is 508. The van der Waals surface area contributed by atoms with Crippen LogP contribution in [0.1, 0.15) is 62.0 Å². The average Bonchev–Trinajstić information content (AvgIpc) is 2.57. The zero-order valence-electron chi connectivity index (χ0n) is 14.5. The SMILES string of the molecule is C=CCCC[C@H]1CC[C@H](c2ccc(COC)c(OC(F)F)c2)CC1. The van der Waals surface area contributed by atoms with Gasteiger partial charge in [-0.25, -0.2) is 0 Å². The molecule has 0 N–H and O–H groups in total.